The van der Waals surface area contributed by atoms with Gasteiger partial charge >= 0.3 is 58.8 Å². The monoisotopic (exact) mass is 387 g/mol. The molecule has 0 unspecified atom stereocenters. The molecule has 4 heteroatoms. The summed E-state index contributed by atoms with van der Waals surface area (Å²) in [6.07, 6.45) is 0. The number of hydrogen-bond donors (Lipinski definition) is 0. The first-order valence-corrected chi connectivity index (χ1v) is 4.81. The van der Waals surface area contributed by atoms with Gasteiger partial charge in [0.25, 0.3) is 0 Å². The fraction of sp³-hybridized carbons (Fsp3) is 0. The van der Waals surface area contributed by atoms with Crippen molar-refractivity contribution in [3.63, 3.8) is 0 Å². The summed E-state index contributed by atoms with van der Waals surface area (Å²) in [5.74, 6) is 0. The fourth-order valence-electron chi connectivity index (χ4n) is 0. The van der Waals surface area contributed by atoms with Gasteiger partial charge in [-0.15, -0.1) is 0 Å². The molecular formula is BiCdS2+. The number of hydrogen-bond acceptors (Lipinski definition) is 1. The van der Waals surface area contributed by atoms with E-state index in [1.165, 1.54) is 0 Å². The zero-order valence-corrected chi connectivity index (χ0v) is 11.1. The minimum absolute atomic E-state index is 0. The molecule has 0 aromatic carbocycles. The molecule has 0 atom stereocenters. The summed E-state index contributed by atoms with van der Waals surface area (Å²) in [5, 5.41) is 0. The summed E-state index contributed by atoms with van der Waals surface area (Å²) in [4.78, 5) is 0. The van der Waals surface area contributed by atoms with Crippen LogP contribution in [0.5, 0.6) is 0 Å². The Balaban J connectivity index is -0.00000000500. The van der Waals surface area contributed by atoms with E-state index in [9.17, 15) is 0 Å². The summed E-state index contributed by atoms with van der Waals surface area (Å²) in [6.45, 7) is 0. The zero-order chi connectivity index (χ0) is 2.00. The van der Waals surface area contributed by atoms with Crippen molar-refractivity contribution in [1.82, 2.24) is 0 Å². The Bertz CT molecular complexity index is 6.00. The molecule has 0 aliphatic rings. The van der Waals surface area contributed by atoms with Crippen molar-refractivity contribution in [3.05, 3.63) is 0 Å². The van der Waals surface area contributed by atoms with E-state index >= 15 is 0 Å². The van der Waals surface area contributed by atoms with Gasteiger partial charge in [0.15, 0.2) is 0 Å². The second kappa shape index (κ2) is 18.2. The van der Waals surface area contributed by atoms with Gasteiger partial charge in [0, 0.05) is 0 Å². The maximum atomic E-state index is 4.19. The maximum absolute atomic E-state index is 4.19. The van der Waals surface area contributed by atoms with E-state index in [0.29, 0.717) is 0 Å². The molecule has 0 aliphatic heterocycles. The molecule has 18 valence electrons. The Hall–Kier alpha value is 2.38. The molecule has 0 spiro atoms. The van der Waals surface area contributed by atoms with Crippen molar-refractivity contribution in [2.75, 3.05) is 0 Å². The van der Waals surface area contributed by atoms with Gasteiger partial charge < -0.3 is 13.5 Å². The van der Waals surface area contributed by atoms with Crippen LogP contribution in [0.1, 0.15) is 0 Å². The molecule has 0 N–H and O–H groups in total. The molecule has 0 amide bonds. The third-order valence-corrected chi connectivity index (χ3v) is 0. The predicted octanol–water partition coefficient (Wildman–Crippen LogP) is 0.262. The second-order valence-corrected chi connectivity index (χ2v) is 0. The SMILES string of the molecule is [Cd+2].[S-2].[S]=[Bi+]. The van der Waals surface area contributed by atoms with Crippen LogP contribution in [0.25, 0.3) is 0 Å². The molecule has 0 aromatic heterocycles. The quantitative estimate of drug-likeness (QED) is 0.539. The van der Waals surface area contributed by atoms with Crippen LogP contribution >= 0.6 is 8.86 Å². The van der Waals surface area contributed by atoms with Gasteiger partial charge in [-0.3, -0.25) is 0 Å². The Kier molecular flexibility index (Phi) is 73.7. The summed E-state index contributed by atoms with van der Waals surface area (Å²) in [5.41, 5.74) is 0. The van der Waals surface area contributed by atoms with Gasteiger partial charge in [0.2, 0.25) is 0 Å². The molecule has 0 heterocycles. The number of rotatable bonds is 0. The van der Waals surface area contributed by atoms with E-state index in [-0.39, 0.29) is 40.8 Å². The van der Waals surface area contributed by atoms with E-state index in [2.05, 4.69) is 8.86 Å². The Morgan fingerprint density at radius 3 is 1.25 bits per heavy atom. The molecule has 4 heavy (non-hydrogen) atoms. The van der Waals surface area contributed by atoms with Crippen molar-refractivity contribution in [1.29, 1.82) is 0 Å². The molecule has 0 saturated heterocycles. The molecule has 0 saturated carbocycles. The van der Waals surface area contributed by atoms with Crippen molar-refractivity contribution in [2.24, 2.45) is 0 Å². The van der Waals surface area contributed by atoms with Crippen LogP contribution in [-0.4, -0.2) is 22.7 Å². The third-order valence-electron chi connectivity index (χ3n) is 0. The molecule has 0 aromatic rings. The van der Waals surface area contributed by atoms with Crippen LogP contribution in [0.2, 0.25) is 0 Å². The third kappa shape index (κ3) is 8.83. The average Bonchev–Trinajstić information content (AvgIpc) is 1.00. The van der Waals surface area contributed by atoms with Crippen LogP contribution in [-0.2, 0) is 40.8 Å². The van der Waals surface area contributed by atoms with Crippen molar-refractivity contribution >= 4 is 45.0 Å². The van der Waals surface area contributed by atoms with E-state index in [4.69, 9.17) is 0 Å². The van der Waals surface area contributed by atoms with Crippen molar-refractivity contribution in [2.45, 2.75) is 0 Å². The van der Waals surface area contributed by atoms with Gasteiger partial charge in [-0.25, -0.2) is 0 Å². The Morgan fingerprint density at radius 2 is 1.25 bits per heavy atom. The average molecular weight is 386 g/mol. The van der Waals surface area contributed by atoms with Crippen LogP contribution in [0.4, 0.5) is 0 Å². The van der Waals surface area contributed by atoms with Crippen molar-refractivity contribution < 1.29 is 27.3 Å². The van der Waals surface area contributed by atoms with E-state index in [1.807, 2.05) is 0 Å². The summed E-state index contributed by atoms with van der Waals surface area (Å²) in [7, 11) is 4.19. The summed E-state index contributed by atoms with van der Waals surface area (Å²) < 4.78 is 0. The van der Waals surface area contributed by atoms with Gasteiger partial charge in [0.1, 0.15) is 0 Å². The summed E-state index contributed by atoms with van der Waals surface area (Å²) in [6, 6.07) is 0. The predicted molar refractivity (Wildman–Crippen MR) is 20.7 cm³/mol. The summed E-state index contributed by atoms with van der Waals surface area (Å²) >= 11 is 1.03. The Morgan fingerprint density at radius 1 is 1.25 bits per heavy atom. The molecule has 0 fully saturated rings. The van der Waals surface area contributed by atoms with Crippen molar-refractivity contribution in [3.8, 4) is 0 Å². The molecule has 0 nitrogen and oxygen atoms in total. The first-order chi connectivity index (χ1) is 1.00. The van der Waals surface area contributed by atoms with E-state index in [0.717, 1.165) is 22.7 Å². The first-order valence-electron chi connectivity index (χ1n) is 0.183. The topological polar surface area (TPSA) is 0 Å². The van der Waals surface area contributed by atoms with Crippen LogP contribution in [0, 0.1) is 0 Å². The molecule has 2 radical (unpaired) electrons. The molecular weight excluding hydrogens is 386 g/mol. The van der Waals surface area contributed by atoms with Crippen LogP contribution < -0.4 is 0 Å². The fourth-order valence-corrected chi connectivity index (χ4v) is 0. The zero-order valence-electron chi connectivity index (χ0n) is 1.97. The van der Waals surface area contributed by atoms with Crippen LogP contribution in [0.15, 0.2) is 0 Å². The Labute approximate surface area is 71.1 Å². The molecule has 0 aliphatic carbocycles. The van der Waals surface area contributed by atoms with Gasteiger partial charge in [-0.05, 0) is 0 Å². The van der Waals surface area contributed by atoms with E-state index in [1.54, 1.807) is 0 Å². The molecule has 0 bridgehead atoms. The van der Waals surface area contributed by atoms with Gasteiger partial charge in [-0.1, -0.05) is 0 Å². The standard InChI is InChI=1S/Bi.Cd.2S/q+1;+2;;-2. The second-order valence-electron chi connectivity index (χ2n) is 0. The van der Waals surface area contributed by atoms with Gasteiger partial charge in [0.05, 0.1) is 0 Å². The van der Waals surface area contributed by atoms with Crippen LogP contribution in [0.3, 0.4) is 0 Å². The molecule has 0 rings (SSSR count). The van der Waals surface area contributed by atoms with E-state index < -0.39 is 0 Å². The first kappa shape index (κ1) is 16.2. The normalized spacial score (nSPS) is 1.00. The minimum atomic E-state index is 0. The van der Waals surface area contributed by atoms with Gasteiger partial charge in [-0.2, -0.15) is 0 Å².